The Labute approximate surface area is 123 Å². The van der Waals surface area contributed by atoms with Crippen molar-refractivity contribution in [3.05, 3.63) is 12.0 Å². The predicted molar refractivity (Wildman–Crippen MR) is 83.4 cm³/mol. The summed E-state index contributed by atoms with van der Waals surface area (Å²) in [7, 11) is 1.88. The smallest absolute Gasteiger partial charge is 0.163 e. The Morgan fingerprint density at radius 3 is 3.05 bits per heavy atom. The Morgan fingerprint density at radius 2 is 2.25 bits per heavy atom. The zero-order chi connectivity index (χ0) is 14.1. The second-order valence-corrected chi connectivity index (χ2v) is 7.02. The van der Waals surface area contributed by atoms with Gasteiger partial charge in [0.2, 0.25) is 0 Å². The number of hydrogen-bond donors (Lipinski definition) is 1. The first-order valence-corrected chi connectivity index (χ1v) is 8.24. The lowest BCUT2D eigenvalue weighted by Gasteiger charge is -2.25. The average molecular weight is 291 g/mol. The molecule has 0 spiro atoms. The zero-order valence-corrected chi connectivity index (χ0v) is 12.9. The van der Waals surface area contributed by atoms with Gasteiger partial charge in [0.15, 0.2) is 5.65 Å². The Hall–Kier alpha value is -1.30. The molecular formula is C14H21N5S. The predicted octanol–water partition coefficient (Wildman–Crippen LogP) is 2.76. The molecule has 0 aromatic carbocycles. The van der Waals surface area contributed by atoms with Crippen molar-refractivity contribution in [2.24, 2.45) is 13.0 Å². The van der Waals surface area contributed by atoms with Crippen LogP contribution in [0.25, 0.3) is 11.0 Å². The highest BCUT2D eigenvalue weighted by atomic mass is 32.2. The summed E-state index contributed by atoms with van der Waals surface area (Å²) in [5.74, 6) is 3.05. The molecule has 2 heterocycles. The van der Waals surface area contributed by atoms with Crippen molar-refractivity contribution < 1.29 is 0 Å². The molecule has 108 valence electrons. The van der Waals surface area contributed by atoms with Crippen molar-refractivity contribution in [1.82, 2.24) is 19.7 Å². The lowest BCUT2D eigenvalue weighted by atomic mass is 9.91. The summed E-state index contributed by atoms with van der Waals surface area (Å²) in [6, 6.07) is 0. The Kier molecular flexibility index (Phi) is 3.83. The number of anilines is 1. The largest absolute Gasteiger partial charge is 0.383 e. The Bertz CT molecular complexity index is 609. The van der Waals surface area contributed by atoms with Gasteiger partial charge >= 0.3 is 0 Å². The normalized spacial score (nSPS) is 23.3. The molecule has 20 heavy (non-hydrogen) atoms. The third kappa shape index (κ3) is 2.75. The van der Waals surface area contributed by atoms with Gasteiger partial charge < -0.3 is 5.73 Å². The Balaban J connectivity index is 1.72. The van der Waals surface area contributed by atoms with Crippen LogP contribution in [0.3, 0.4) is 0 Å². The van der Waals surface area contributed by atoms with E-state index < -0.39 is 0 Å². The van der Waals surface area contributed by atoms with Gasteiger partial charge in [-0.05, 0) is 18.8 Å². The fourth-order valence-electron chi connectivity index (χ4n) is 2.88. The van der Waals surface area contributed by atoms with Crippen molar-refractivity contribution in [1.29, 1.82) is 0 Å². The standard InChI is InChI=1S/C14H21N5S/c1-9-4-3-5-10(6-9)20-8-12-17-13(15)11-7-16-19(2)14(11)18-12/h7,9-10H,3-6,8H2,1-2H3,(H2,15,17,18). The van der Waals surface area contributed by atoms with Crippen molar-refractivity contribution in [2.45, 2.75) is 43.6 Å². The van der Waals surface area contributed by atoms with Crippen LogP contribution in [0.2, 0.25) is 0 Å². The Morgan fingerprint density at radius 1 is 1.40 bits per heavy atom. The average Bonchev–Trinajstić information content (AvgIpc) is 2.79. The van der Waals surface area contributed by atoms with Crippen LogP contribution in [0.5, 0.6) is 0 Å². The van der Waals surface area contributed by atoms with Crippen molar-refractivity contribution >= 4 is 28.6 Å². The van der Waals surface area contributed by atoms with E-state index in [4.69, 9.17) is 5.73 Å². The summed E-state index contributed by atoms with van der Waals surface area (Å²) >= 11 is 1.97. The first-order valence-electron chi connectivity index (χ1n) is 7.19. The third-order valence-electron chi connectivity index (χ3n) is 4.00. The van der Waals surface area contributed by atoms with Crippen LogP contribution in [0.1, 0.15) is 38.4 Å². The minimum absolute atomic E-state index is 0.538. The van der Waals surface area contributed by atoms with Crippen LogP contribution in [-0.2, 0) is 12.8 Å². The van der Waals surface area contributed by atoms with Gasteiger partial charge in [-0.15, -0.1) is 0 Å². The molecule has 1 aliphatic rings. The van der Waals surface area contributed by atoms with Crippen LogP contribution >= 0.6 is 11.8 Å². The number of nitrogen functional groups attached to an aromatic ring is 1. The van der Waals surface area contributed by atoms with E-state index in [9.17, 15) is 0 Å². The van der Waals surface area contributed by atoms with E-state index in [2.05, 4.69) is 22.0 Å². The molecule has 0 radical (unpaired) electrons. The van der Waals surface area contributed by atoms with Gasteiger partial charge in [-0.3, -0.25) is 4.68 Å². The molecule has 3 rings (SSSR count). The maximum Gasteiger partial charge on any atom is 0.163 e. The van der Waals surface area contributed by atoms with Gasteiger partial charge in [-0.2, -0.15) is 16.9 Å². The van der Waals surface area contributed by atoms with E-state index in [1.165, 1.54) is 25.7 Å². The van der Waals surface area contributed by atoms with E-state index in [0.29, 0.717) is 5.82 Å². The lowest BCUT2D eigenvalue weighted by molar-refractivity contribution is 0.394. The molecule has 0 saturated heterocycles. The van der Waals surface area contributed by atoms with Crippen molar-refractivity contribution in [2.75, 3.05) is 5.73 Å². The van der Waals surface area contributed by atoms with E-state index in [0.717, 1.165) is 33.8 Å². The third-order valence-corrected chi connectivity index (χ3v) is 5.33. The molecule has 6 heteroatoms. The molecule has 0 bridgehead atoms. The van der Waals surface area contributed by atoms with E-state index in [1.54, 1.807) is 10.9 Å². The van der Waals surface area contributed by atoms with Crippen LogP contribution in [0, 0.1) is 5.92 Å². The number of nitrogens with zero attached hydrogens (tertiary/aromatic N) is 4. The SMILES string of the molecule is CC1CCCC(SCc2nc(N)c3cnn(C)c3n2)C1. The minimum atomic E-state index is 0.538. The first kappa shape index (κ1) is 13.7. The summed E-state index contributed by atoms with van der Waals surface area (Å²) < 4.78 is 1.75. The quantitative estimate of drug-likeness (QED) is 0.941. The van der Waals surface area contributed by atoms with Crippen LogP contribution in [0.15, 0.2) is 6.20 Å². The van der Waals surface area contributed by atoms with Gasteiger partial charge in [-0.1, -0.05) is 19.8 Å². The number of hydrogen-bond acceptors (Lipinski definition) is 5. The number of aryl methyl sites for hydroxylation is 1. The van der Waals surface area contributed by atoms with Crippen LogP contribution in [-0.4, -0.2) is 25.0 Å². The molecule has 2 unspecified atom stereocenters. The monoisotopic (exact) mass is 291 g/mol. The number of aromatic nitrogens is 4. The van der Waals surface area contributed by atoms with Gasteiger partial charge in [-0.25, -0.2) is 9.97 Å². The van der Waals surface area contributed by atoms with Crippen LogP contribution < -0.4 is 5.73 Å². The molecule has 1 fully saturated rings. The van der Waals surface area contributed by atoms with Gasteiger partial charge in [0.1, 0.15) is 11.6 Å². The highest BCUT2D eigenvalue weighted by Crippen LogP contribution is 2.33. The molecule has 2 atom stereocenters. The number of fused-ring (bicyclic) bond motifs is 1. The molecule has 2 aromatic heterocycles. The van der Waals surface area contributed by atoms with Crippen molar-refractivity contribution in [3.8, 4) is 0 Å². The lowest BCUT2D eigenvalue weighted by Crippen LogP contribution is -2.15. The summed E-state index contributed by atoms with van der Waals surface area (Å²) in [5, 5.41) is 5.77. The van der Waals surface area contributed by atoms with E-state index >= 15 is 0 Å². The van der Waals surface area contributed by atoms with Gasteiger partial charge in [0.25, 0.3) is 0 Å². The molecule has 0 amide bonds. The van der Waals surface area contributed by atoms with E-state index in [1.807, 2.05) is 18.8 Å². The second kappa shape index (κ2) is 5.60. The number of nitrogens with two attached hydrogens (primary N) is 1. The summed E-state index contributed by atoms with van der Waals surface area (Å²) in [6.45, 7) is 2.35. The number of thioether (sulfide) groups is 1. The summed E-state index contributed by atoms with van der Waals surface area (Å²) in [4.78, 5) is 9.00. The molecule has 2 aromatic rings. The fourth-order valence-corrected chi connectivity index (χ4v) is 4.19. The zero-order valence-electron chi connectivity index (χ0n) is 12.0. The summed E-state index contributed by atoms with van der Waals surface area (Å²) in [5.41, 5.74) is 6.81. The topological polar surface area (TPSA) is 69.6 Å². The van der Waals surface area contributed by atoms with Crippen LogP contribution in [0.4, 0.5) is 5.82 Å². The van der Waals surface area contributed by atoms with Gasteiger partial charge in [0, 0.05) is 12.3 Å². The molecule has 2 N–H and O–H groups in total. The maximum absolute atomic E-state index is 5.99. The highest BCUT2D eigenvalue weighted by Gasteiger charge is 2.20. The fraction of sp³-hybridized carbons (Fsp3) is 0.643. The second-order valence-electron chi connectivity index (χ2n) is 5.74. The summed E-state index contributed by atoms with van der Waals surface area (Å²) in [6.07, 6.45) is 7.08. The molecular weight excluding hydrogens is 270 g/mol. The maximum atomic E-state index is 5.99. The first-order chi connectivity index (χ1) is 9.63. The molecule has 0 aliphatic heterocycles. The minimum Gasteiger partial charge on any atom is -0.383 e. The molecule has 1 saturated carbocycles. The molecule has 5 nitrogen and oxygen atoms in total. The number of rotatable bonds is 3. The highest BCUT2D eigenvalue weighted by molar-refractivity contribution is 7.99. The van der Waals surface area contributed by atoms with Gasteiger partial charge in [0.05, 0.1) is 17.3 Å². The molecule has 1 aliphatic carbocycles. The van der Waals surface area contributed by atoms with Crippen molar-refractivity contribution in [3.63, 3.8) is 0 Å². The van der Waals surface area contributed by atoms with E-state index in [-0.39, 0.29) is 0 Å².